The Morgan fingerprint density at radius 1 is 1.07 bits per heavy atom. The van der Waals surface area contributed by atoms with E-state index in [0.29, 0.717) is 24.3 Å². The number of hydrogen-bond donors (Lipinski definition) is 3. The number of carbonyl (C=O) groups excluding carboxylic acids is 1. The van der Waals surface area contributed by atoms with Crippen LogP contribution in [0.4, 0.5) is 4.39 Å². The van der Waals surface area contributed by atoms with Crippen molar-refractivity contribution < 1.29 is 19.0 Å². The largest absolute Gasteiger partial charge is 0.508 e. The average Bonchev–Trinajstić information content (AvgIpc) is 3.43. The minimum absolute atomic E-state index is 0.0245. The average molecular weight is 397 g/mol. The Balaban J connectivity index is 1.57. The zero-order valence-electron chi connectivity index (χ0n) is 15.9. The number of hydrogen-bond acceptors (Lipinski definition) is 5. The highest BCUT2D eigenvalue weighted by Gasteiger charge is 2.56. The number of phenolic OH excluding ortho intramolecular Hbond substituents is 1. The zero-order chi connectivity index (χ0) is 20.0. The number of rotatable bonds is 4. The van der Waals surface area contributed by atoms with Crippen LogP contribution < -0.4 is 10.9 Å². The third-order valence-corrected chi connectivity index (χ3v) is 6.33. The van der Waals surface area contributed by atoms with E-state index in [1.807, 2.05) is 12.1 Å². The fraction of sp³-hybridized carbons (Fsp3) is 0.409. The fourth-order valence-corrected chi connectivity index (χ4v) is 5.02. The molecule has 152 valence electrons. The molecule has 3 aliphatic rings. The Kier molecular flexibility index (Phi) is 4.73. The molecule has 0 saturated carbocycles. The Bertz CT molecular complexity index is 918. The maximum absolute atomic E-state index is 14.9. The first-order valence-electron chi connectivity index (χ1n) is 10.1. The molecule has 6 nitrogen and oxygen atoms in total. The van der Waals surface area contributed by atoms with Crippen molar-refractivity contribution in [3.63, 3.8) is 0 Å². The van der Waals surface area contributed by atoms with Gasteiger partial charge in [-0.3, -0.25) is 4.79 Å². The molecule has 2 aromatic rings. The van der Waals surface area contributed by atoms with Gasteiger partial charge in [0, 0.05) is 30.2 Å². The molecule has 5 rings (SSSR count). The molecule has 3 heterocycles. The van der Waals surface area contributed by atoms with Crippen molar-refractivity contribution in [1.82, 2.24) is 15.8 Å². The van der Waals surface area contributed by atoms with Crippen molar-refractivity contribution >= 4 is 5.91 Å². The highest BCUT2D eigenvalue weighted by Crippen LogP contribution is 2.49. The molecule has 5 atom stereocenters. The minimum atomic E-state index is -0.495. The van der Waals surface area contributed by atoms with E-state index in [9.17, 15) is 14.3 Å². The van der Waals surface area contributed by atoms with Crippen molar-refractivity contribution in [3.05, 3.63) is 65.5 Å². The van der Waals surface area contributed by atoms with Crippen molar-refractivity contribution in [2.75, 3.05) is 13.2 Å². The number of nitrogens with one attached hydrogen (secondary N) is 2. The van der Waals surface area contributed by atoms with Gasteiger partial charge in [-0.2, -0.15) is 0 Å². The number of carbonyl (C=O) groups is 1. The topological polar surface area (TPSA) is 73.8 Å². The predicted molar refractivity (Wildman–Crippen MR) is 104 cm³/mol. The van der Waals surface area contributed by atoms with Crippen LogP contribution in [0, 0.1) is 11.7 Å². The number of likely N-dealkylation sites (tertiary alicyclic amines) is 1. The molecule has 0 bridgehead atoms. The summed E-state index contributed by atoms with van der Waals surface area (Å²) in [5, 5.41) is 10.4. The molecule has 2 aromatic carbocycles. The molecule has 3 aliphatic heterocycles. The highest BCUT2D eigenvalue weighted by molar-refractivity contribution is 5.86. The number of fused-ring (bicyclic) bond motifs is 1. The van der Waals surface area contributed by atoms with Crippen LogP contribution in [-0.4, -0.2) is 41.2 Å². The number of halogens is 1. The summed E-state index contributed by atoms with van der Waals surface area (Å²) in [4.78, 5) is 15.1. The molecule has 0 aliphatic carbocycles. The monoisotopic (exact) mass is 397 g/mol. The molecule has 7 heteroatoms. The SMILES string of the molecule is O=C1C2NNC(c3ccccc3O)C2C(c2ccccc2F)N1CC1CCCO1. The summed E-state index contributed by atoms with van der Waals surface area (Å²) < 4.78 is 20.6. The standard InChI is InChI=1S/C22H24FN3O3/c23-16-9-3-1-7-14(16)21-18-19(15-8-2-4-10-17(15)27)24-25-20(18)22(28)26(21)12-13-6-5-11-29-13/h1-4,7-10,13,18-21,24-25,27H,5-6,11-12H2. The molecule has 5 unspecified atom stereocenters. The molecular weight excluding hydrogens is 373 g/mol. The maximum Gasteiger partial charge on any atom is 0.242 e. The molecular formula is C22H24FN3O3. The number of benzene rings is 2. The van der Waals surface area contributed by atoms with Gasteiger partial charge in [0.25, 0.3) is 0 Å². The fourth-order valence-electron chi connectivity index (χ4n) is 5.02. The van der Waals surface area contributed by atoms with E-state index >= 15 is 0 Å². The second kappa shape index (κ2) is 7.40. The lowest BCUT2D eigenvalue weighted by Crippen LogP contribution is -2.43. The van der Waals surface area contributed by atoms with E-state index < -0.39 is 12.1 Å². The van der Waals surface area contributed by atoms with Crippen LogP contribution in [0.25, 0.3) is 0 Å². The highest BCUT2D eigenvalue weighted by atomic mass is 19.1. The summed E-state index contributed by atoms with van der Waals surface area (Å²) in [6.07, 6.45) is 1.85. The first kappa shape index (κ1) is 18.5. The Morgan fingerprint density at radius 3 is 2.52 bits per heavy atom. The summed E-state index contributed by atoms with van der Waals surface area (Å²) in [6, 6.07) is 12.4. The van der Waals surface area contributed by atoms with Crippen LogP contribution in [0.2, 0.25) is 0 Å². The van der Waals surface area contributed by atoms with Crippen LogP contribution in [-0.2, 0) is 9.53 Å². The van der Waals surface area contributed by atoms with Gasteiger partial charge in [0.2, 0.25) is 5.91 Å². The summed E-state index contributed by atoms with van der Waals surface area (Å²) >= 11 is 0. The van der Waals surface area contributed by atoms with Gasteiger partial charge in [0.05, 0.1) is 18.2 Å². The van der Waals surface area contributed by atoms with Crippen LogP contribution in [0.3, 0.4) is 0 Å². The van der Waals surface area contributed by atoms with Crippen LogP contribution >= 0.6 is 0 Å². The van der Waals surface area contributed by atoms with Gasteiger partial charge >= 0.3 is 0 Å². The summed E-state index contributed by atoms with van der Waals surface area (Å²) in [5.74, 6) is -0.505. The number of hydrazine groups is 1. The quantitative estimate of drug-likeness (QED) is 0.739. The number of amides is 1. The van der Waals surface area contributed by atoms with Crippen LogP contribution in [0.15, 0.2) is 48.5 Å². The number of aromatic hydroxyl groups is 1. The van der Waals surface area contributed by atoms with Crippen molar-refractivity contribution in [1.29, 1.82) is 0 Å². The van der Waals surface area contributed by atoms with Crippen molar-refractivity contribution in [2.45, 2.75) is 37.1 Å². The first-order valence-corrected chi connectivity index (χ1v) is 10.1. The maximum atomic E-state index is 14.9. The molecule has 3 fully saturated rings. The second-order valence-corrected chi connectivity index (χ2v) is 7.97. The number of para-hydroxylation sites is 1. The third-order valence-electron chi connectivity index (χ3n) is 6.33. The minimum Gasteiger partial charge on any atom is -0.508 e. The van der Waals surface area contributed by atoms with Crippen molar-refractivity contribution in [3.8, 4) is 5.75 Å². The lowest BCUT2D eigenvalue weighted by Gasteiger charge is -2.32. The molecule has 3 N–H and O–H groups in total. The van der Waals surface area contributed by atoms with Gasteiger partial charge in [-0.15, -0.1) is 0 Å². The number of phenols is 1. The Hall–Kier alpha value is -2.48. The Labute approximate surface area is 168 Å². The second-order valence-electron chi connectivity index (χ2n) is 7.97. The van der Waals surface area contributed by atoms with E-state index in [0.717, 1.165) is 12.8 Å². The first-order chi connectivity index (χ1) is 14.1. The van der Waals surface area contributed by atoms with E-state index in [4.69, 9.17) is 4.74 Å². The van der Waals surface area contributed by atoms with Crippen LogP contribution in [0.5, 0.6) is 5.75 Å². The summed E-state index contributed by atoms with van der Waals surface area (Å²) in [6.45, 7) is 1.14. The Morgan fingerprint density at radius 2 is 1.79 bits per heavy atom. The van der Waals surface area contributed by atoms with Gasteiger partial charge in [0.15, 0.2) is 0 Å². The third kappa shape index (κ3) is 3.10. The van der Waals surface area contributed by atoms with Crippen LogP contribution in [0.1, 0.15) is 36.1 Å². The molecule has 0 spiro atoms. The van der Waals surface area contributed by atoms with Gasteiger partial charge in [0.1, 0.15) is 17.6 Å². The lowest BCUT2D eigenvalue weighted by molar-refractivity contribution is -0.132. The molecule has 0 radical (unpaired) electrons. The van der Waals surface area contributed by atoms with E-state index in [-0.39, 0.29) is 35.5 Å². The summed E-state index contributed by atoms with van der Waals surface area (Å²) in [7, 11) is 0. The van der Waals surface area contributed by atoms with E-state index in [1.54, 1.807) is 35.2 Å². The normalized spacial score (nSPS) is 31.4. The van der Waals surface area contributed by atoms with Gasteiger partial charge < -0.3 is 14.7 Å². The van der Waals surface area contributed by atoms with E-state index in [1.165, 1.54) is 6.07 Å². The smallest absolute Gasteiger partial charge is 0.242 e. The number of nitrogens with zero attached hydrogens (tertiary/aromatic N) is 1. The van der Waals surface area contributed by atoms with Gasteiger partial charge in [-0.05, 0) is 25.0 Å². The number of ether oxygens (including phenoxy) is 1. The van der Waals surface area contributed by atoms with E-state index in [2.05, 4.69) is 10.9 Å². The van der Waals surface area contributed by atoms with Gasteiger partial charge in [-0.1, -0.05) is 36.4 Å². The predicted octanol–water partition coefficient (Wildman–Crippen LogP) is 2.43. The molecule has 1 amide bonds. The van der Waals surface area contributed by atoms with Gasteiger partial charge in [-0.25, -0.2) is 15.2 Å². The molecule has 3 saturated heterocycles. The van der Waals surface area contributed by atoms with Crippen molar-refractivity contribution in [2.24, 2.45) is 5.92 Å². The zero-order valence-corrected chi connectivity index (χ0v) is 15.9. The molecule has 29 heavy (non-hydrogen) atoms. The lowest BCUT2D eigenvalue weighted by atomic mass is 9.83. The molecule has 0 aromatic heterocycles. The summed E-state index contributed by atoms with van der Waals surface area (Å²) in [5.41, 5.74) is 7.46.